The molecule has 1 heterocycles. The summed E-state index contributed by atoms with van der Waals surface area (Å²) in [6.45, 7) is 0.780. The molecular weight excluding hydrogens is 238 g/mol. The molecule has 0 radical (unpaired) electrons. The number of aliphatic hydroxyl groups excluding tert-OH is 1. The Bertz CT molecular complexity index is 553. The second-order valence-corrected chi connectivity index (χ2v) is 5.23. The number of hydrogen-bond donors (Lipinski definition) is 2. The summed E-state index contributed by atoms with van der Waals surface area (Å²) < 4.78 is 0. The molecule has 0 spiro atoms. The molecule has 3 rings (SSSR count). The Morgan fingerprint density at radius 1 is 1.16 bits per heavy atom. The van der Waals surface area contributed by atoms with Crippen LogP contribution in [0.15, 0.2) is 30.6 Å². The van der Waals surface area contributed by atoms with E-state index in [9.17, 15) is 5.11 Å². The molecule has 2 N–H and O–H groups in total. The van der Waals surface area contributed by atoms with Crippen molar-refractivity contribution in [3.8, 4) is 0 Å². The van der Waals surface area contributed by atoms with Crippen LogP contribution in [0.25, 0.3) is 10.9 Å². The number of hydrogen-bond acceptors (Lipinski definition) is 4. The van der Waals surface area contributed by atoms with Crippen LogP contribution in [0.5, 0.6) is 0 Å². The van der Waals surface area contributed by atoms with Gasteiger partial charge in [-0.1, -0.05) is 25.0 Å². The molecule has 2 unspecified atom stereocenters. The minimum absolute atomic E-state index is 0.172. The molecule has 1 aliphatic carbocycles. The van der Waals surface area contributed by atoms with Gasteiger partial charge in [0.05, 0.1) is 11.6 Å². The quantitative estimate of drug-likeness (QED) is 0.887. The molecule has 0 saturated heterocycles. The van der Waals surface area contributed by atoms with Crippen LogP contribution in [0.3, 0.4) is 0 Å². The van der Waals surface area contributed by atoms with E-state index in [0.29, 0.717) is 5.92 Å². The van der Waals surface area contributed by atoms with Crippen molar-refractivity contribution in [1.29, 1.82) is 0 Å². The van der Waals surface area contributed by atoms with Gasteiger partial charge in [-0.25, -0.2) is 9.97 Å². The monoisotopic (exact) mass is 257 g/mol. The fraction of sp³-hybridized carbons (Fsp3) is 0.467. The number of para-hydroxylation sites is 1. The summed E-state index contributed by atoms with van der Waals surface area (Å²) in [4.78, 5) is 8.56. The number of nitrogens with one attached hydrogen (secondary N) is 1. The van der Waals surface area contributed by atoms with Crippen LogP contribution in [0.2, 0.25) is 0 Å². The van der Waals surface area contributed by atoms with Crippen LogP contribution in [0.4, 0.5) is 5.82 Å². The molecule has 1 aromatic heterocycles. The summed E-state index contributed by atoms with van der Waals surface area (Å²) >= 11 is 0. The van der Waals surface area contributed by atoms with Gasteiger partial charge >= 0.3 is 0 Å². The van der Waals surface area contributed by atoms with E-state index in [1.165, 1.54) is 6.42 Å². The van der Waals surface area contributed by atoms with E-state index in [2.05, 4.69) is 15.3 Å². The maximum atomic E-state index is 9.99. The van der Waals surface area contributed by atoms with Crippen LogP contribution in [0.1, 0.15) is 25.7 Å². The largest absolute Gasteiger partial charge is 0.393 e. The van der Waals surface area contributed by atoms with Crippen molar-refractivity contribution in [2.24, 2.45) is 5.92 Å². The standard InChI is InChI=1S/C15H19N3O/c19-14-8-4-1-5-11(14)9-16-15-12-6-2-3-7-13(12)17-10-18-15/h2-3,6-7,10-11,14,19H,1,4-5,8-9H2,(H,16,17,18). The molecule has 1 aliphatic rings. The third kappa shape index (κ3) is 2.68. The zero-order valence-corrected chi connectivity index (χ0v) is 10.9. The van der Waals surface area contributed by atoms with Crippen LogP contribution in [0, 0.1) is 5.92 Å². The molecule has 0 amide bonds. The van der Waals surface area contributed by atoms with Crippen molar-refractivity contribution in [1.82, 2.24) is 9.97 Å². The highest BCUT2D eigenvalue weighted by molar-refractivity contribution is 5.88. The molecule has 19 heavy (non-hydrogen) atoms. The van der Waals surface area contributed by atoms with Gasteiger partial charge in [0, 0.05) is 17.8 Å². The fourth-order valence-corrected chi connectivity index (χ4v) is 2.80. The van der Waals surface area contributed by atoms with Gasteiger partial charge in [-0.15, -0.1) is 0 Å². The third-order valence-corrected chi connectivity index (χ3v) is 3.94. The molecule has 2 atom stereocenters. The van der Waals surface area contributed by atoms with Crippen LogP contribution < -0.4 is 5.32 Å². The van der Waals surface area contributed by atoms with Gasteiger partial charge in [0.2, 0.25) is 0 Å². The van der Waals surface area contributed by atoms with E-state index in [1.807, 2.05) is 24.3 Å². The van der Waals surface area contributed by atoms with E-state index < -0.39 is 0 Å². The maximum Gasteiger partial charge on any atom is 0.137 e. The molecular formula is C15H19N3O. The van der Waals surface area contributed by atoms with Crippen molar-refractivity contribution in [2.45, 2.75) is 31.8 Å². The Hall–Kier alpha value is -1.68. The summed E-state index contributed by atoms with van der Waals surface area (Å²) in [7, 11) is 0. The number of aliphatic hydroxyl groups is 1. The van der Waals surface area contributed by atoms with E-state index in [0.717, 1.165) is 42.5 Å². The average molecular weight is 257 g/mol. The van der Waals surface area contributed by atoms with Crippen molar-refractivity contribution in [2.75, 3.05) is 11.9 Å². The lowest BCUT2D eigenvalue weighted by Crippen LogP contribution is -2.30. The minimum atomic E-state index is -0.172. The molecule has 4 heteroatoms. The second kappa shape index (κ2) is 5.53. The summed E-state index contributed by atoms with van der Waals surface area (Å²) in [5.41, 5.74) is 0.948. The number of benzene rings is 1. The van der Waals surface area contributed by atoms with Gasteiger partial charge in [0.1, 0.15) is 12.1 Å². The zero-order valence-electron chi connectivity index (χ0n) is 10.9. The van der Waals surface area contributed by atoms with E-state index in [1.54, 1.807) is 6.33 Å². The SMILES string of the molecule is OC1CCCCC1CNc1ncnc2ccccc12. The Kier molecular flexibility index (Phi) is 3.60. The summed E-state index contributed by atoms with van der Waals surface area (Å²) in [6.07, 6.45) is 5.80. The van der Waals surface area contributed by atoms with Gasteiger partial charge in [-0.05, 0) is 25.0 Å². The number of aromatic nitrogens is 2. The van der Waals surface area contributed by atoms with Crippen LogP contribution in [-0.4, -0.2) is 27.7 Å². The number of nitrogens with zero attached hydrogens (tertiary/aromatic N) is 2. The van der Waals surface area contributed by atoms with Crippen molar-refractivity contribution in [3.05, 3.63) is 30.6 Å². The molecule has 0 bridgehead atoms. The van der Waals surface area contributed by atoms with E-state index in [4.69, 9.17) is 0 Å². The molecule has 1 fully saturated rings. The van der Waals surface area contributed by atoms with Gasteiger partial charge < -0.3 is 10.4 Å². The predicted molar refractivity (Wildman–Crippen MR) is 76.0 cm³/mol. The third-order valence-electron chi connectivity index (χ3n) is 3.94. The first kappa shape index (κ1) is 12.4. The fourth-order valence-electron chi connectivity index (χ4n) is 2.80. The normalized spacial score (nSPS) is 23.4. The highest BCUT2D eigenvalue weighted by atomic mass is 16.3. The van der Waals surface area contributed by atoms with Crippen molar-refractivity contribution in [3.63, 3.8) is 0 Å². The number of rotatable bonds is 3. The van der Waals surface area contributed by atoms with Crippen LogP contribution >= 0.6 is 0 Å². The zero-order chi connectivity index (χ0) is 13.1. The van der Waals surface area contributed by atoms with Gasteiger partial charge in [-0.3, -0.25) is 0 Å². The Morgan fingerprint density at radius 3 is 2.89 bits per heavy atom. The van der Waals surface area contributed by atoms with E-state index >= 15 is 0 Å². The summed E-state index contributed by atoms with van der Waals surface area (Å²) in [5.74, 6) is 1.20. The Labute approximate surface area is 112 Å². The number of anilines is 1. The number of fused-ring (bicyclic) bond motifs is 1. The highest BCUT2D eigenvalue weighted by Crippen LogP contribution is 2.25. The first-order valence-electron chi connectivity index (χ1n) is 6.96. The highest BCUT2D eigenvalue weighted by Gasteiger charge is 2.22. The molecule has 1 saturated carbocycles. The average Bonchev–Trinajstić information content (AvgIpc) is 2.46. The van der Waals surface area contributed by atoms with Gasteiger partial charge in [-0.2, -0.15) is 0 Å². The summed E-state index contributed by atoms with van der Waals surface area (Å²) in [5, 5.41) is 14.4. The Morgan fingerprint density at radius 2 is 2.00 bits per heavy atom. The lowest BCUT2D eigenvalue weighted by atomic mass is 9.86. The van der Waals surface area contributed by atoms with Crippen molar-refractivity contribution < 1.29 is 5.11 Å². The predicted octanol–water partition coefficient (Wildman–Crippen LogP) is 2.59. The second-order valence-electron chi connectivity index (χ2n) is 5.23. The van der Waals surface area contributed by atoms with Gasteiger partial charge in [0.15, 0.2) is 0 Å². The molecule has 1 aromatic carbocycles. The van der Waals surface area contributed by atoms with Gasteiger partial charge in [0.25, 0.3) is 0 Å². The smallest absolute Gasteiger partial charge is 0.137 e. The van der Waals surface area contributed by atoms with E-state index in [-0.39, 0.29) is 6.10 Å². The lowest BCUT2D eigenvalue weighted by molar-refractivity contribution is 0.0763. The molecule has 4 nitrogen and oxygen atoms in total. The maximum absolute atomic E-state index is 9.99. The topological polar surface area (TPSA) is 58.0 Å². The molecule has 100 valence electrons. The molecule has 2 aromatic rings. The minimum Gasteiger partial charge on any atom is -0.393 e. The van der Waals surface area contributed by atoms with Crippen molar-refractivity contribution >= 4 is 16.7 Å². The Balaban J connectivity index is 1.74. The van der Waals surface area contributed by atoms with Crippen LogP contribution in [-0.2, 0) is 0 Å². The molecule has 0 aliphatic heterocycles. The summed E-state index contributed by atoms with van der Waals surface area (Å²) in [6, 6.07) is 7.98. The first-order chi connectivity index (χ1) is 9.34. The lowest BCUT2D eigenvalue weighted by Gasteiger charge is -2.27. The first-order valence-corrected chi connectivity index (χ1v) is 6.96.